The van der Waals surface area contributed by atoms with E-state index in [9.17, 15) is 13.6 Å². The number of alkyl halides is 1. The smallest absolute Gasteiger partial charge is 0.254 e. The predicted octanol–water partition coefficient (Wildman–Crippen LogP) is 2.59. The van der Waals surface area contributed by atoms with Gasteiger partial charge in [0.1, 0.15) is 0 Å². The Hall–Kier alpha value is -1.01. The van der Waals surface area contributed by atoms with Crippen molar-refractivity contribution in [1.82, 2.24) is 4.90 Å². The van der Waals surface area contributed by atoms with Crippen LogP contribution in [0, 0.1) is 11.6 Å². The van der Waals surface area contributed by atoms with E-state index in [-0.39, 0.29) is 23.7 Å². The van der Waals surface area contributed by atoms with E-state index in [1.807, 2.05) is 6.92 Å². The Morgan fingerprint density at radius 2 is 2.16 bits per heavy atom. The second-order valence-corrected chi connectivity index (χ2v) is 5.21. The molecule has 2 atom stereocenters. The van der Waals surface area contributed by atoms with Crippen molar-refractivity contribution in [1.29, 1.82) is 0 Å². The Morgan fingerprint density at radius 1 is 1.42 bits per heavy atom. The third-order valence-electron chi connectivity index (χ3n) is 2.95. The molecule has 0 radical (unpaired) electrons. The molecule has 0 bridgehead atoms. The minimum atomic E-state index is -1.01. The summed E-state index contributed by atoms with van der Waals surface area (Å²) in [6.07, 6.45) is -0.163. The molecule has 2 rings (SSSR count). The number of hydrogen-bond acceptors (Lipinski definition) is 2. The Morgan fingerprint density at radius 3 is 2.79 bits per heavy atom. The molecule has 0 saturated carbocycles. The van der Waals surface area contributed by atoms with Gasteiger partial charge in [0, 0.05) is 24.0 Å². The van der Waals surface area contributed by atoms with Crippen LogP contribution < -0.4 is 0 Å². The average molecular weight is 334 g/mol. The zero-order chi connectivity index (χ0) is 14.0. The Bertz CT molecular complexity index is 484. The maximum Gasteiger partial charge on any atom is 0.254 e. The van der Waals surface area contributed by atoms with Crippen LogP contribution in [-0.2, 0) is 4.74 Å². The molecule has 1 amide bonds. The fourth-order valence-electron chi connectivity index (χ4n) is 2.11. The lowest BCUT2D eigenvalue weighted by atomic mass is 10.1. The summed E-state index contributed by atoms with van der Waals surface area (Å²) in [6.45, 7) is 2.76. The fraction of sp³-hybridized carbons (Fsp3) is 0.462. The normalized spacial score (nSPS) is 23.5. The first-order valence-corrected chi connectivity index (χ1v) is 7.09. The predicted molar refractivity (Wildman–Crippen MR) is 70.4 cm³/mol. The van der Waals surface area contributed by atoms with E-state index >= 15 is 0 Å². The quantitative estimate of drug-likeness (QED) is 0.778. The Balaban J connectivity index is 2.16. The highest BCUT2D eigenvalue weighted by Crippen LogP contribution is 2.17. The van der Waals surface area contributed by atoms with Gasteiger partial charge in [0.05, 0.1) is 12.2 Å². The van der Waals surface area contributed by atoms with Gasteiger partial charge in [-0.1, -0.05) is 15.9 Å². The van der Waals surface area contributed by atoms with Gasteiger partial charge in [-0.3, -0.25) is 4.79 Å². The average Bonchev–Trinajstić information content (AvgIpc) is 2.40. The second kappa shape index (κ2) is 5.96. The van der Waals surface area contributed by atoms with Crippen LogP contribution in [0.15, 0.2) is 18.2 Å². The van der Waals surface area contributed by atoms with Gasteiger partial charge in [-0.05, 0) is 25.1 Å². The third-order valence-corrected chi connectivity index (χ3v) is 3.67. The van der Waals surface area contributed by atoms with Crippen LogP contribution in [0.4, 0.5) is 8.78 Å². The summed E-state index contributed by atoms with van der Waals surface area (Å²) in [5, 5.41) is 0.624. The molecule has 3 nitrogen and oxygen atoms in total. The summed E-state index contributed by atoms with van der Waals surface area (Å²) in [5.41, 5.74) is 0.154. The zero-order valence-electron chi connectivity index (χ0n) is 10.4. The highest BCUT2D eigenvalue weighted by atomic mass is 79.9. The molecule has 2 unspecified atom stereocenters. The van der Waals surface area contributed by atoms with Crippen LogP contribution >= 0.6 is 15.9 Å². The first-order chi connectivity index (χ1) is 9.01. The first-order valence-electron chi connectivity index (χ1n) is 5.97. The van der Waals surface area contributed by atoms with Crippen LogP contribution in [-0.4, -0.2) is 41.4 Å². The van der Waals surface area contributed by atoms with Crippen molar-refractivity contribution >= 4 is 21.8 Å². The lowest BCUT2D eigenvalue weighted by molar-refractivity contribution is -0.0559. The summed E-state index contributed by atoms with van der Waals surface area (Å²) < 4.78 is 31.6. The maximum absolute atomic E-state index is 13.1. The summed E-state index contributed by atoms with van der Waals surface area (Å²) >= 11 is 3.32. The highest BCUT2D eigenvalue weighted by molar-refractivity contribution is 9.09. The number of nitrogens with zero attached hydrogens (tertiary/aromatic N) is 1. The van der Waals surface area contributed by atoms with Gasteiger partial charge in [0.15, 0.2) is 11.6 Å². The summed E-state index contributed by atoms with van der Waals surface area (Å²) in [7, 11) is 0. The molecule has 0 N–H and O–H groups in total. The molecule has 1 fully saturated rings. The van der Waals surface area contributed by atoms with Gasteiger partial charge in [-0.15, -0.1) is 0 Å². The molecule has 19 heavy (non-hydrogen) atoms. The topological polar surface area (TPSA) is 29.5 Å². The van der Waals surface area contributed by atoms with Gasteiger partial charge in [0.25, 0.3) is 5.91 Å². The van der Waals surface area contributed by atoms with Crippen molar-refractivity contribution in [3.8, 4) is 0 Å². The van der Waals surface area contributed by atoms with Crippen LogP contribution in [0.5, 0.6) is 0 Å². The van der Waals surface area contributed by atoms with Gasteiger partial charge in [-0.25, -0.2) is 8.78 Å². The van der Waals surface area contributed by atoms with Gasteiger partial charge in [-0.2, -0.15) is 0 Å². The van der Waals surface area contributed by atoms with Crippen LogP contribution in [0.3, 0.4) is 0 Å². The molecular weight excluding hydrogens is 320 g/mol. The Kier molecular flexibility index (Phi) is 4.52. The van der Waals surface area contributed by atoms with Crippen molar-refractivity contribution in [3.63, 3.8) is 0 Å². The second-order valence-electron chi connectivity index (χ2n) is 4.56. The molecular formula is C13H14BrF2NO2. The van der Waals surface area contributed by atoms with Gasteiger partial charge >= 0.3 is 0 Å². The lowest BCUT2D eigenvalue weighted by Crippen LogP contribution is -2.49. The maximum atomic E-state index is 13.1. The van der Waals surface area contributed by atoms with Crippen LogP contribution in [0.25, 0.3) is 0 Å². The van der Waals surface area contributed by atoms with E-state index in [2.05, 4.69) is 15.9 Å². The van der Waals surface area contributed by atoms with Crippen molar-refractivity contribution in [2.24, 2.45) is 0 Å². The summed E-state index contributed by atoms with van der Waals surface area (Å²) in [5.74, 6) is -2.27. The molecule has 1 aromatic rings. The van der Waals surface area contributed by atoms with E-state index in [0.717, 1.165) is 12.1 Å². The minimum absolute atomic E-state index is 0.0782. The fourth-order valence-corrected chi connectivity index (χ4v) is 2.47. The van der Waals surface area contributed by atoms with Crippen molar-refractivity contribution in [2.45, 2.75) is 19.1 Å². The molecule has 6 heteroatoms. The van der Waals surface area contributed by atoms with Gasteiger partial charge < -0.3 is 9.64 Å². The van der Waals surface area contributed by atoms with Crippen LogP contribution in [0.1, 0.15) is 17.3 Å². The van der Waals surface area contributed by atoms with Crippen molar-refractivity contribution in [3.05, 3.63) is 35.4 Å². The summed E-state index contributed by atoms with van der Waals surface area (Å²) in [4.78, 5) is 13.8. The highest BCUT2D eigenvalue weighted by Gasteiger charge is 2.28. The van der Waals surface area contributed by atoms with E-state index in [4.69, 9.17) is 4.74 Å². The largest absolute Gasteiger partial charge is 0.371 e. The van der Waals surface area contributed by atoms with Crippen molar-refractivity contribution < 1.29 is 18.3 Å². The number of hydrogen-bond donors (Lipinski definition) is 0. The summed E-state index contributed by atoms with van der Waals surface area (Å²) in [6, 6.07) is 3.19. The lowest BCUT2D eigenvalue weighted by Gasteiger charge is -2.36. The van der Waals surface area contributed by atoms with E-state index < -0.39 is 11.6 Å². The number of halogens is 3. The monoisotopic (exact) mass is 333 g/mol. The van der Waals surface area contributed by atoms with E-state index in [1.165, 1.54) is 6.07 Å². The number of carbonyl (C=O) groups excluding carboxylic acids is 1. The molecule has 104 valence electrons. The molecule has 1 aliphatic rings. The third kappa shape index (κ3) is 3.30. The molecule has 1 saturated heterocycles. The number of benzene rings is 1. The zero-order valence-corrected chi connectivity index (χ0v) is 12.0. The molecule has 0 spiro atoms. The molecule has 1 aromatic carbocycles. The van der Waals surface area contributed by atoms with E-state index in [1.54, 1.807) is 4.90 Å². The molecule has 0 aliphatic carbocycles. The van der Waals surface area contributed by atoms with Crippen molar-refractivity contribution in [2.75, 3.05) is 18.4 Å². The molecule has 0 aromatic heterocycles. The molecule has 1 aliphatic heterocycles. The first kappa shape index (κ1) is 14.4. The number of rotatable bonds is 2. The Labute approximate surface area is 118 Å². The van der Waals surface area contributed by atoms with Gasteiger partial charge in [0.2, 0.25) is 0 Å². The standard InChI is InChI=1S/C13H14BrF2NO2/c1-8-6-17(7-10(5-14)19-8)13(18)9-2-3-11(15)12(16)4-9/h2-4,8,10H,5-7H2,1H3. The molecule has 1 heterocycles. The van der Waals surface area contributed by atoms with Crippen LogP contribution in [0.2, 0.25) is 0 Å². The minimum Gasteiger partial charge on any atom is -0.371 e. The van der Waals surface area contributed by atoms with E-state index in [0.29, 0.717) is 18.4 Å². The SMILES string of the molecule is CC1CN(C(=O)c2ccc(F)c(F)c2)CC(CBr)O1. The number of amides is 1. The number of ether oxygens (including phenoxy) is 1. The number of morpholine rings is 1. The number of carbonyl (C=O) groups is 1.